The van der Waals surface area contributed by atoms with Crippen molar-refractivity contribution in [1.82, 2.24) is 19.8 Å². The fraction of sp³-hybridized carbons (Fsp3) is 0.765. The first-order valence-electron chi connectivity index (χ1n) is 8.67. The molecule has 1 aromatic heterocycles. The van der Waals surface area contributed by atoms with Crippen LogP contribution in [-0.4, -0.2) is 53.8 Å². The predicted octanol–water partition coefficient (Wildman–Crippen LogP) is 2.59. The fourth-order valence-corrected chi connectivity index (χ4v) is 3.00. The molecular weight excluding hydrogens is 417 g/mol. The zero-order valence-corrected chi connectivity index (χ0v) is 17.7. The summed E-state index contributed by atoms with van der Waals surface area (Å²) in [5, 5.41) is 3.46. The summed E-state index contributed by atoms with van der Waals surface area (Å²) in [5.41, 5.74) is 0. The number of hydrogen-bond acceptors (Lipinski definition) is 3. The summed E-state index contributed by atoms with van der Waals surface area (Å²) in [4.78, 5) is 11.2. The van der Waals surface area contributed by atoms with Gasteiger partial charge in [-0.15, -0.1) is 24.0 Å². The number of guanidine groups is 1. The van der Waals surface area contributed by atoms with E-state index in [4.69, 9.17) is 4.74 Å². The normalized spacial score (nSPS) is 18.1. The van der Waals surface area contributed by atoms with Crippen LogP contribution in [0.25, 0.3) is 0 Å². The summed E-state index contributed by atoms with van der Waals surface area (Å²) in [7, 11) is 1.85. The molecule has 1 aliphatic heterocycles. The Balaban J connectivity index is 0.00000288. The third-order valence-corrected chi connectivity index (χ3v) is 4.12. The highest BCUT2D eigenvalue weighted by molar-refractivity contribution is 14.0. The van der Waals surface area contributed by atoms with Crippen molar-refractivity contribution >= 4 is 29.9 Å². The summed E-state index contributed by atoms with van der Waals surface area (Å²) in [5.74, 6) is 3.24. The van der Waals surface area contributed by atoms with Crippen LogP contribution in [0.4, 0.5) is 0 Å². The van der Waals surface area contributed by atoms with Crippen LogP contribution in [0, 0.1) is 11.8 Å². The second-order valence-corrected chi connectivity index (χ2v) is 6.55. The SMILES string of the molecule is CCOCC1CCN(C(=NC)NCc2nccn2CC(C)C)C1.I. The van der Waals surface area contributed by atoms with Crippen molar-refractivity contribution < 1.29 is 4.74 Å². The second kappa shape index (κ2) is 10.9. The number of aromatic nitrogens is 2. The van der Waals surface area contributed by atoms with E-state index in [9.17, 15) is 0 Å². The number of ether oxygens (including phenoxy) is 1. The van der Waals surface area contributed by atoms with E-state index >= 15 is 0 Å². The van der Waals surface area contributed by atoms with Crippen molar-refractivity contribution in [3.05, 3.63) is 18.2 Å². The van der Waals surface area contributed by atoms with Crippen LogP contribution in [-0.2, 0) is 17.8 Å². The van der Waals surface area contributed by atoms with Gasteiger partial charge in [0, 0.05) is 51.6 Å². The smallest absolute Gasteiger partial charge is 0.194 e. The van der Waals surface area contributed by atoms with Gasteiger partial charge in [0.15, 0.2) is 5.96 Å². The third-order valence-electron chi connectivity index (χ3n) is 4.12. The van der Waals surface area contributed by atoms with Crippen molar-refractivity contribution in [2.45, 2.75) is 40.3 Å². The predicted molar refractivity (Wildman–Crippen MR) is 109 cm³/mol. The zero-order valence-electron chi connectivity index (χ0n) is 15.4. The minimum Gasteiger partial charge on any atom is -0.381 e. The molecular formula is C17H32IN5O. The molecule has 0 radical (unpaired) electrons. The van der Waals surface area contributed by atoms with Gasteiger partial charge in [-0.1, -0.05) is 13.8 Å². The molecule has 0 saturated carbocycles. The topological polar surface area (TPSA) is 54.7 Å². The van der Waals surface area contributed by atoms with Crippen molar-refractivity contribution in [2.75, 3.05) is 33.4 Å². The Morgan fingerprint density at radius 2 is 2.29 bits per heavy atom. The van der Waals surface area contributed by atoms with Gasteiger partial charge >= 0.3 is 0 Å². The molecule has 2 heterocycles. The van der Waals surface area contributed by atoms with Crippen LogP contribution in [0.3, 0.4) is 0 Å². The minimum absolute atomic E-state index is 0. The maximum absolute atomic E-state index is 5.55. The highest BCUT2D eigenvalue weighted by atomic mass is 127. The van der Waals surface area contributed by atoms with Crippen LogP contribution in [0.1, 0.15) is 33.0 Å². The summed E-state index contributed by atoms with van der Waals surface area (Å²) in [6, 6.07) is 0. The number of rotatable bonds is 7. The largest absolute Gasteiger partial charge is 0.381 e. The number of imidazole rings is 1. The van der Waals surface area contributed by atoms with E-state index in [2.05, 4.69) is 38.6 Å². The fourth-order valence-electron chi connectivity index (χ4n) is 3.00. The highest BCUT2D eigenvalue weighted by Crippen LogP contribution is 2.16. The Labute approximate surface area is 163 Å². The summed E-state index contributed by atoms with van der Waals surface area (Å²) in [6.07, 6.45) is 5.09. The number of nitrogens with zero attached hydrogens (tertiary/aromatic N) is 4. The first-order valence-corrected chi connectivity index (χ1v) is 8.67. The molecule has 2 rings (SSSR count). The van der Waals surface area contributed by atoms with E-state index in [0.29, 0.717) is 18.4 Å². The lowest BCUT2D eigenvalue weighted by Crippen LogP contribution is -2.40. The van der Waals surface area contributed by atoms with Crippen molar-refractivity contribution in [3.8, 4) is 0 Å². The van der Waals surface area contributed by atoms with Gasteiger partial charge in [0.25, 0.3) is 0 Å². The number of likely N-dealkylation sites (tertiary alicyclic amines) is 1. The molecule has 0 aromatic carbocycles. The summed E-state index contributed by atoms with van der Waals surface area (Å²) >= 11 is 0. The van der Waals surface area contributed by atoms with Crippen LogP contribution in [0.15, 0.2) is 17.4 Å². The van der Waals surface area contributed by atoms with E-state index in [1.54, 1.807) is 0 Å². The standard InChI is InChI=1S/C17H31N5O.HI/c1-5-23-13-15-6-8-22(12-15)17(18-4)20-10-16-19-7-9-21(16)11-14(2)3;/h7,9,14-15H,5-6,8,10-13H2,1-4H3,(H,18,20);1H. The maximum Gasteiger partial charge on any atom is 0.194 e. The molecule has 6 nitrogen and oxygen atoms in total. The molecule has 1 aliphatic rings. The molecule has 24 heavy (non-hydrogen) atoms. The van der Waals surface area contributed by atoms with Crippen LogP contribution >= 0.6 is 24.0 Å². The van der Waals surface area contributed by atoms with Crippen molar-refractivity contribution in [2.24, 2.45) is 16.8 Å². The average molecular weight is 449 g/mol. The number of nitrogens with one attached hydrogen (secondary N) is 1. The van der Waals surface area contributed by atoms with Gasteiger partial charge in [0.2, 0.25) is 0 Å². The van der Waals surface area contributed by atoms with E-state index in [1.165, 1.54) is 6.42 Å². The van der Waals surface area contributed by atoms with E-state index < -0.39 is 0 Å². The van der Waals surface area contributed by atoms with Gasteiger partial charge in [0.1, 0.15) is 5.82 Å². The molecule has 138 valence electrons. The van der Waals surface area contributed by atoms with Crippen LogP contribution < -0.4 is 5.32 Å². The van der Waals surface area contributed by atoms with E-state index in [0.717, 1.165) is 44.6 Å². The number of hydrogen-bond donors (Lipinski definition) is 1. The first kappa shape index (κ1) is 21.2. The molecule has 1 unspecified atom stereocenters. The van der Waals surface area contributed by atoms with E-state index in [1.807, 2.05) is 26.4 Å². The first-order chi connectivity index (χ1) is 11.1. The minimum atomic E-state index is 0. The number of aliphatic imine (C=N–C) groups is 1. The summed E-state index contributed by atoms with van der Waals surface area (Å²) < 4.78 is 7.77. The molecule has 1 fully saturated rings. The molecule has 0 spiro atoms. The van der Waals surface area contributed by atoms with Gasteiger partial charge < -0.3 is 19.5 Å². The molecule has 1 saturated heterocycles. The maximum atomic E-state index is 5.55. The molecule has 0 bridgehead atoms. The lowest BCUT2D eigenvalue weighted by atomic mass is 10.1. The number of halogens is 1. The lowest BCUT2D eigenvalue weighted by Gasteiger charge is -2.22. The molecule has 1 aromatic rings. The molecule has 1 N–H and O–H groups in total. The Bertz CT molecular complexity index is 503. The van der Waals surface area contributed by atoms with Crippen molar-refractivity contribution in [3.63, 3.8) is 0 Å². The Morgan fingerprint density at radius 3 is 2.96 bits per heavy atom. The molecule has 7 heteroatoms. The van der Waals surface area contributed by atoms with Crippen LogP contribution in [0.5, 0.6) is 0 Å². The molecule has 1 atom stereocenters. The van der Waals surface area contributed by atoms with Gasteiger partial charge in [-0.25, -0.2) is 4.98 Å². The van der Waals surface area contributed by atoms with Gasteiger partial charge in [-0.3, -0.25) is 4.99 Å². The third kappa shape index (κ3) is 6.23. The second-order valence-electron chi connectivity index (χ2n) is 6.55. The Hall–Kier alpha value is -0.830. The Kier molecular flexibility index (Phi) is 9.65. The Morgan fingerprint density at radius 1 is 1.50 bits per heavy atom. The van der Waals surface area contributed by atoms with Gasteiger partial charge in [0.05, 0.1) is 13.2 Å². The quantitative estimate of drug-likeness (QED) is 0.395. The highest BCUT2D eigenvalue weighted by Gasteiger charge is 2.24. The average Bonchev–Trinajstić information content (AvgIpc) is 3.15. The van der Waals surface area contributed by atoms with Gasteiger partial charge in [-0.2, -0.15) is 0 Å². The van der Waals surface area contributed by atoms with E-state index in [-0.39, 0.29) is 24.0 Å². The van der Waals surface area contributed by atoms with Crippen LogP contribution in [0.2, 0.25) is 0 Å². The molecule has 0 aliphatic carbocycles. The zero-order chi connectivity index (χ0) is 16.7. The lowest BCUT2D eigenvalue weighted by molar-refractivity contribution is 0.114. The molecule has 0 amide bonds. The van der Waals surface area contributed by atoms with Gasteiger partial charge in [-0.05, 0) is 19.3 Å². The summed E-state index contributed by atoms with van der Waals surface area (Å²) in [6.45, 7) is 11.9. The van der Waals surface area contributed by atoms with Crippen molar-refractivity contribution in [1.29, 1.82) is 0 Å². The monoisotopic (exact) mass is 449 g/mol.